The Morgan fingerprint density at radius 1 is 0.921 bits per heavy atom. The summed E-state index contributed by atoms with van der Waals surface area (Å²) >= 11 is 0. The van der Waals surface area contributed by atoms with Gasteiger partial charge in [0, 0.05) is 30.9 Å². The maximum atomic E-state index is 12.7. The van der Waals surface area contributed by atoms with Gasteiger partial charge in [0.25, 0.3) is 0 Å². The highest BCUT2D eigenvalue weighted by Crippen LogP contribution is 2.23. The number of nitrogen functional groups attached to an aromatic ring is 1. The molecule has 0 fully saturated rings. The minimum absolute atomic E-state index is 0.0383. The second kappa shape index (κ2) is 12.9. The van der Waals surface area contributed by atoms with Crippen LogP contribution >= 0.6 is 0 Å². The standard InChI is InChI=1S/C31H34N4O3/c1-21(33-20-29(37)27-10-13-30(32)34-19-27)14-22-4-2-5-23(15-22)17-31(38)35-18-24-6-3-7-26(16-24)25-8-11-28(36)12-9-25/h2-13,15-16,19,21,29,33,36-37H,14,17-18,20H2,1H3,(H2,32,34)(H,35,38)/t21-,29+/m1/s1. The van der Waals surface area contributed by atoms with Crippen LogP contribution in [0.25, 0.3) is 11.1 Å². The Labute approximate surface area is 223 Å². The Hall–Kier alpha value is -4.20. The van der Waals surface area contributed by atoms with E-state index in [0.29, 0.717) is 25.3 Å². The number of hydrogen-bond donors (Lipinski definition) is 5. The number of hydrogen-bond acceptors (Lipinski definition) is 6. The molecule has 0 aliphatic rings. The van der Waals surface area contributed by atoms with Crippen molar-refractivity contribution in [2.75, 3.05) is 12.3 Å². The quantitative estimate of drug-likeness (QED) is 0.207. The van der Waals surface area contributed by atoms with Crippen molar-refractivity contribution < 1.29 is 15.0 Å². The Bertz CT molecular complexity index is 1340. The third-order valence-electron chi connectivity index (χ3n) is 6.37. The van der Waals surface area contributed by atoms with E-state index in [2.05, 4.69) is 34.7 Å². The lowest BCUT2D eigenvalue weighted by molar-refractivity contribution is -0.120. The molecule has 4 aromatic rings. The number of anilines is 1. The first kappa shape index (κ1) is 26.9. The number of aromatic hydroxyl groups is 1. The lowest BCUT2D eigenvalue weighted by Crippen LogP contribution is -2.32. The number of benzene rings is 3. The molecule has 196 valence electrons. The van der Waals surface area contributed by atoms with Crippen molar-refractivity contribution in [3.05, 3.63) is 113 Å². The van der Waals surface area contributed by atoms with Crippen molar-refractivity contribution in [3.8, 4) is 16.9 Å². The zero-order chi connectivity index (χ0) is 26.9. The molecule has 1 heterocycles. The van der Waals surface area contributed by atoms with Crippen LogP contribution in [0, 0.1) is 0 Å². The van der Waals surface area contributed by atoms with Crippen LogP contribution in [0.2, 0.25) is 0 Å². The number of nitrogens with zero attached hydrogens (tertiary/aromatic N) is 1. The van der Waals surface area contributed by atoms with Gasteiger partial charge in [0.1, 0.15) is 11.6 Å². The van der Waals surface area contributed by atoms with Gasteiger partial charge in [-0.3, -0.25) is 4.79 Å². The largest absolute Gasteiger partial charge is 0.508 e. The van der Waals surface area contributed by atoms with Crippen molar-refractivity contribution in [1.29, 1.82) is 0 Å². The first-order valence-corrected chi connectivity index (χ1v) is 12.7. The fourth-order valence-electron chi connectivity index (χ4n) is 4.30. The highest BCUT2D eigenvalue weighted by atomic mass is 16.3. The zero-order valence-electron chi connectivity index (χ0n) is 21.5. The summed E-state index contributed by atoms with van der Waals surface area (Å²) < 4.78 is 0. The average molecular weight is 511 g/mol. The van der Waals surface area contributed by atoms with Crippen LogP contribution in [0.4, 0.5) is 5.82 Å². The Balaban J connectivity index is 1.25. The summed E-state index contributed by atoms with van der Waals surface area (Å²) in [5.74, 6) is 0.622. The van der Waals surface area contributed by atoms with Crippen LogP contribution in [0.5, 0.6) is 5.75 Å². The molecule has 7 heteroatoms. The van der Waals surface area contributed by atoms with Crippen molar-refractivity contribution in [2.45, 2.75) is 38.5 Å². The van der Waals surface area contributed by atoms with Gasteiger partial charge < -0.3 is 26.6 Å². The number of carbonyl (C=O) groups excluding carboxylic acids is 1. The lowest BCUT2D eigenvalue weighted by atomic mass is 10.0. The molecular formula is C31H34N4O3. The molecule has 0 radical (unpaired) electrons. The van der Waals surface area contributed by atoms with Crippen molar-refractivity contribution in [2.24, 2.45) is 0 Å². The second-order valence-electron chi connectivity index (χ2n) is 9.57. The van der Waals surface area contributed by atoms with Crippen LogP contribution in [0.1, 0.15) is 35.3 Å². The molecule has 4 rings (SSSR count). The van der Waals surface area contributed by atoms with Crippen molar-refractivity contribution >= 4 is 11.7 Å². The van der Waals surface area contributed by atoms with Gasteiger partial charge in [-0.15, -0.1) is 0 Å². The summed E-state index contributed by atoms with van der Waals surface area (Å²) in [6.45, 7) is 2.92. The van der Waals surface area contributed by atoms with Crippen LogP contribution in [-0.2, 0) is 24.2 Å². The molecular weight excluding hydrogens is 476 g/mol. The molecule has 6 N–H and O–H groups in total. The molecule has 0 saturated carbocycles. The van der Waals surface area contributed by atoms with E-state index in [0.717, 1.165) is 39.8 Å². The number of carbonyl (C=O) groups is 1. The van der Waals surface area contributed by atoms with Gasteiger partial charge in [-0.1, -0.05) is 60.7 Å². The van der Waals surface area contributed by atoms with Gasteiger partial charge in [-0.05, 0) is 65.4 Å². The number of aliphatic hydroxyl groups is 1. The molecule has 38 heavy (non-hydrogen) atoms. The van der Waals surface area contributed by atoms with E-state index in [4.69, 9.17) is 5.73 Å². The highest BCUT2D eigenvalue weighted by Gasteiger charge is 2.11. The third-order valence-corrected chi connectivity index (χ3v) is 6.37. The van der Waals surface area contributed by atoms with E-state index in [1.165, 1.54) is 0 Å². The fourth-order valence-corrected chi connectivity index (χ4v) is 4.30. The van der Waals surface area contributed by atoms with E-state index in [9.17, 15) is 15.0 Å². The molecule has 0 aliphatic heterocycles. The normalized spacial score (nSPS) is 12.6. The summed E-state index contributed by atoms with van der Waals surface area (Å²) in [6, 6.07) is 26.7. The Morgan fingerprint density at radius 3 is 2.42 bits per heavy atom. The van der Waals surface area contributed by atoms with Crippen LogP contribution < -0.4 is 16.4 Å². The van der Waals surface area contributed by atoms with E-state index in [-0.39, 0.29) is 17.7 Å². The summed E-state index contributed by atoms with van der Waals surface area (Å²) in [5, 5.41) is 26.3. The number of rotatable bonds is 11. The number of pyridine rings is 1. The van der Waals surface area contributed by atoms with Gasteiger partial charge in [0.15, 0.2) is 0 Å². The number of nitrogens with two attached hydrogens (primary N) is 1. The highest BCUT2D eigenvalue weighted by molar-refractivity contribution is 5.78. The van der Waals surface area contributed by atoms with Gasteiger partial charge >= 0.3 is 0 Å². The number of aliphatic hydroxyl groups excluding tert-OH is 1. The predicted molar refractivity (Wildman–Crippen MR) is 150 cm³/mol. The van der Waals surface area contributed by atoms with Crippen molar-refractivity contribution in [1.82, 2.24) is 15.6 Å². The topological polar surface area (TPSA) is 120 Å². The second-order valence-corrected chi connectivity index (χ2v) is 9.57. The van der Waals surface area contributed by atoms with E-state index < -0.39 is 6.10 Å². The summed E-state index contributed by atoms with van der Waals surface area (Å²) in [4.78, 5) is 16.7. The van der Waals surface area contributed by atoms with Gasteiger partial charge in [0.2, 0.25) is 5.91 Å². The lowest BCUT2D eigenvalue weighted by Gasteiger charge is -2.18. The number of phenolic OH excluding ortho intramolecular Hbond substituents is 1. The van der Waals surface area contributed by atoms with Gasteiger partial charge in [-0.25, -0.2) is 4.98 Å². The molecule has 1 amide bonds. The molecule has 3 aromatic carbocycles. The number of aromatic nitrogens is 1. The Morgan fingerprint density at radius 2 is 1.66 bits per heavy atom. The average Bonchev–Trinajstić information content (AvgIpc) is 2.92. The first-order chi connectivity index (χ1) is 18.4. The number of nitrogens with one attached hydrogen (secondary N) is 2. The van der Waals surface area contributed by atoms with E-state index in [1.54, 1.807) is 30.5 Å². The SMILES string of the molecule is C[C@H](Cc1cccc(CC(=O)NCc2cccc(-c3ccc(O)cc3)c2)c1)NC[C@H](O)c1ccc(N)nc1. The molecule has 0 bridgehead atoms. The van der Waals surface area contributed by atoms with Crippen LogP contribution in [-0.4, -0.2) is 33.7 Å². The first-order valence-electron chi connectivity index (χ1n) is 12.7. The minimum atomic E-state index is -0.664. The Kier molecular flexibility index (Phi) is 9.08. The maximum Gasteiger partial charge on any atom is 0.224 e. The smallest absolute Gasteiger partial charge is 0.224 e. The minimum Gasteiger partial charge on any atom is -0.508 e. The van der Waals surface area contributed by atoms with Crippen LogP contribution in [0.3, 0.4) is 0 Å². The fraction of sp³-hybridized carbons (Fsp3) is 0.226. The molecule has 1 aromatic heterocycles. The molecule has 0 aliphatic carbocycles. The molecule has 0 spiro atoms. The molecule has 7 nitrogen and oxygen atoms in total. The number of phenols is 1. The summed E-state index contributed by atoms with van der Waals surface area (Å²) in [5.41, 5.74) is 11.5. The van der Waals surface area contributed by atoms with E-state index in [1.807, 2.05) is 48.5 Å². The van der Waals surface area contributed by atoms with Crippen LogP contribution in [0.15, 0.2) is 91.1 Å². The molecule has 2 atom stereocenters. The molecule has 0 saturated heterocycles. The predicted octanol–water partition coefficient (Wildman–Crippen LogP) is 4.15. The summed E-state index contributed by atoms with van der Waals surface area (Å²) in [6.07, 6.45) is 2.00. The van der Waals surface area contributed by atoms with E-state index >= 15 is 0 Å². The molecule has 0 unspecified atom stereocenters. The number of amides is 1. The zero-order valence-corrected chi connectivity index (χ0v) is 21.5. The maximum absolute atomic E-state index is 12.7. The van der Waals surface area contributed by atoms with Gasteiger partial charge in [-0.2, -0.15) is 0 Å². The third kappa shape index (κ3) is 7.90. The monoisotopic (exact) mass is 510 g/mol. The van der Waals surface area contributed by atoms with Crippen molar-refractivity contribution in [3.63, 3.8) is 0 Å². The summed E-state index contributed by atoms with van der Waals surface area (Å²) in [7, 11) is 0. The van der Waals surface area contributed by atoms with Gasteiger partial charge in [0.05, 0.1) is 12.5 Å².